The van der Waals surface area contributed by atoms with Gasteiger partial charge >= 0.3 is 12.3 Å². The third kappa shape index (κ3) is 4.92. The Morgan fingerprint density at radius 3 is 2.50 bits per heavy atom. The van der Waals surface area contributed by atoms with E-state index in [1.165, 1.54) is 26.0 Å². The molecule has 4 nitrogen and oxygen atoms in total. The van der Waals surface area contributed by atoms with Crippen LogP contribution in [0, 0.1) is 5.41 Å². The molecular formula is C12H13BrF3NO3. The highest BCUT2D eigenvalue weighted by atomic mass is 79.9. The van der Waals surface area contributed by atoms with Gasteiger partial charge in [0.05, 0.1) is 11.1 Å². The van der Waals surface area contributed by atoms with E-state index in [0.717, 1.165) is 6.07 Å². The smallest absolute Gasteiger partial charge is 0.481 e. The molecule has 1 aromatic carbocycles. The zero-order valence-electron chi connectivity index (χ0n) is 10.7. The van der Waals surface area contributed by atoms with Crippen LogP contribution in [-0.4, -0.2) is 24.0 Å². The molecule has 0 aromatic heterocycles. The third-order valence-electron chi connectivity index (χ3n) is 2.47. The van der Waals surface area contributed by atoms with E-state index < -0.39 is 23.5 Å². The molecule has 0 amide bonds. The molecule has 0 spiro atoms. The first kappa shape index (κ1) is 16.6. The van der Waals surface area contributed by atoms with Crippen LogP contribution in [0.25, 0.3) is 0 Å². The van der Waals surface area contributed by atoms with Gasteiger partial charge in [0.25, 0.3) is 0 Å². The molecule has 0 fully saturated rings. The van der Waals surface area contributed by atoms with Gasteiger partial charge < -0.3 is 15.2 Å². The first-order chi connectivity index (χ1) is 9.01. The number of anilines is 1. The van der Waals surface area contributed by atoms with Crippen LogP contribution >= 0.6 is 15.9 Å². The van der Waals surface area contributed by atoms with Crippen LogP contribution in [0.5, 0.6) is 5.75 Å². The van der Waals surface area contributed by atoms with E-state index in [1.54, 1.807) is 0 Å². The summed E-state index contributed by atoms with van der Waals surface area (Å²) in [4.78, 5) is 11.0. The average molecular weight is 356 g/mol. The maximum absolute atomic E-state index is 12.3. The van der Waals surface area contributed by atoms with E-state index in [-0.39, 0.29) is 12.2 Å². The molecule has 1 rings (SSSR count). The Morgan fingerprint density at radius 1 is 1.40 bits per heavy atom. The highest BCUT2D eigenvalue weighted by Gasteiger charge is 2.33. The molecule has 0 heterocycles. The number of ether oxygens (including phenoxy) is 1. The number of rotatable bonds is 5. The Bertz CT molecular complexity index is 503. The van der Waals surface area contributed by atoms with E-state index in [4.69, 9.17) is 5.11 Å². The minimum atomic E-state index is -4.82. The molecule has 0 aliphatic rings. The number of alkyl halides is 3. The van der Waals surface area contributed by atoms with Gasteiger partial charge in [-0.05, 0) is 32.0 Å². The predicted octanol–water partition coefficient (Wildman–Crippen LogP) is 3.87. The van der Waals surface area contributed by atoms with Gasteiger partial charge in [-0.2, -0.15) is 0 Å². The highest BCUT2D eigenvalue weighted by molar-refractivity contribution is 9.10. The van der Waals surface area contributed by atoms with E-state index in [0.29, 0.717) is 4.47 Å². The van der Waals surface area contributed by atoms with Crippen molar-refractivity contribution in [2.75, 3.05) is 11.9 Å². The fourth-order valence-corrected chi connectivity index (χ4v) is 1.58. The summed E-state index contributed by atoms with van der Waals surface area (Å²) in [6.07, 6.45) is -4.82. The quantitative estimate of drug-likeness (QED) is 0.841. The molecule has 0 radical (unpaired) electrons. The van der Waals surface area contributed by atoms with E-state index >= 15 is 0 Å². The number of carboxylic acids is 1. The van der Waals surface area contributed by atoms with Gasteiger partial charge in [-0.3, -0.25) is 4.79 Å². The number of aliphatic carboxylic acids is 1. The first-order valence-corrected chi connectivity index (χ1v) is 6.33. The molecule has 8 heteroatoms. The van der Waals surface area contributed by atoms with Crippen LogP contribution in [0.2, 0.25) is 0 Å². The Balaban J connectivity index is 2.92. The molecule has 0 saturated heterocycles. The molecule has 0 aliphatic carbocycles. The Labute approximate surface area is 122 Å². The van der Waals surface area contributed by atoms with Crippen molar-refractivity contribution in [1.82, 2.24) is 0 Å². The van der Waals surface area contributed by atoms with Crippen LogP contribution < -0.4 is 10.1 Å². The minimum Gasteiger partial charge on any atom is -0.481 e. The Morgan fingerprint density at radius 2 is 2.00 bits per heavy atom. The highest BCUT2D eigenvalue weighted by Crippen LogP contribution is 2.33. The summed E-state index contributed by atoms with van der Waals surface area (Å²) < 4.78 is 41.2. The molecule has 0 atom stereocenters. The molecule has 112 valence electrons. The van der Waals surface area contributed by atoms with E-state index in [9.17, 15) is 18.0 Å². The van der Waals surface area contributed by atoms with Gasteiger partial charge in [-0.1, -0.05) is 15.9 Å². The van der Waals surface area contributed by atoms with Crippen molar-refractivity contribution in [1.29, 1.82) is 0 Å². The standard InChI is InChI=1S/C12H13BrF3NO3/c1-11(2,10(18)19)6-17-8-4-3-7(13)5-9(8)20-12(14,15)16/h3-5,17H,6H2,1-2H3,(H,18,19). The first-order valence-electron chi connectivity index (χ1n) is 5.54. The lowest BCUT2D eigenvalue weighted by Crippen LogP contribution is -2.32. The van der Waals surface area contributed by atoms with Crippen LogP contribution in [0.3, 0.4) is 0 Å². The number of benzene rings is 1. The second-order valence-corrected chi connectivity index (χ2v) is 5.65. The second-order valence-electron chi connectivity index (χ2n) is 4.73. The topological polar surface area (TPSA) is 58.6 Å². The monoisotopic (exact) mass is 355 g/mol. The summed E-state index contributed by atoms with van der Waals surface area (Å²) >= 11 is 3.05. The molecule has 0 aliphatic heterocycles. The summed E-state index contributed by atoms with van der Waals surface area (Å²) in [7, 11) is 0. The second kappa shape index (κ2) is 5.90. The van der Waals surface area contributed by atoms with Gasteiger partial charge in [-0.15, -0.1) is 13.2 Å². The number of hydrogen-bond acceptors (Lipinski definition) is 3. The van der Waals surface area contributed by atoms with Crippen molar-refractivity contribution in [3.8, 4) is 5.75 Å². The number of carbonyl (C=O) groups is 1. The molecular weight excluding hydrogens is 343 g/mol. The molecule has 0 bridgehead atoms. The molecule has 20 heavy (non-hydrogen) atoms. The van der Waals surface area contributed by atoms with E-state index in [1.807, 2.05) is 0 Å². The normalized spacial score (nSPS) is 12.1. The van der Waals surface area contributed by atoms with Crippen LogP contribution in [-0.2, 0) is 4.79 Å². The molecule has 1 aromatic rings. The van der Waals surface area contributed by atoms with E-state index in [2.05, 4.69) is 26.0 Å². The lowest BCUT2D eigenvalue weighted by Gasteiger charge is -2.22. The summed E-state index contributed by atoms with van der Waals surface area (Å²) in [5, 5.41) is 11.6. The number of nitrogens with one attached hydrogen (secondary N) is 1. The van der Waals surface area contributed by atoms with Gasteiger partial charge in [0, 0.05) is 11.0 Å². The fraction of sp³-hybridized carbons (Fsp3) is 0.417. The summed E-state index contributed by atoms with van der Waals surface area (Å²) in [5.74, 6) is -1.48. The largest absolute Gasteiger partial charge is 0.573 e. The van der Waals surface area contributed by atoms with Crippen molar-refractivity contribution in [2.24, 2.45) is 5.41 Å². The number of halogens is 4. The van der Waals surface area contributed by atoms with Crippen LogP contribution in [0.4, 0.5) is 18.9 Å². The lowest BCUT2D eigenvalue weighted by atomic mass is 9.94. The zero-order chi connectivity index (χ0) is 15.6. The van der Waals surface area contributed by atoms with Crippen molar-refractivity contribution >= 4 is 27.6 Å². The van der Waals surface area contributed by atoms with Crippen LogP contribution in [0.1, 0.15) is 13.8 Å². The van der Waals surface area contributed by atoms with Gasteiger partial charge in [0.15, 0.2) is 5.75 Å². The zero-order valence-corrected chi connectivity index (χ0v) is 12.3. The SMILES string of the molecule is CC(C)(CNc1ccc(Br)cc1OC(F)(F)F)C(=O)O. The predicted molar refractivity (Wildman–Crippen MR) is 70.7 cm³/mol. The summed E-state index contributed by atoms with van der Waals surface area (Å²) in [6.45, 7) is 2.88. The summed E-state index contributed by atoms with van der Waals surface area (Å²) in [6, 6.07) is 4.06. The lowest BCUT2D eigenvalue weighted by molar-refractivity contribution is -0.274. The summed E-state index contributed by atoms with van der Waals surface area (Å²) in [5.41, 5.74) is -1.05. The van der Waals surface area contributed by atoms with Crippen molar-refractivity contribution in [2.45, 2.75) is 20.2 Å². The molecule has 0 unspecified atom stereocenters. The maximum Gasteiger partial charge on any atom is 0.573 e. The molecule has 2 N–H and O–H groups in total. The van der Waals surface area contributed by atoms with Gasteiger partial charge in [0.2, 0.25) is 0 Å². The minimum absolute atomic E-state index is 0.0435. The molecule has 0 saturated carbocycles. The fourth-order valence-electron chi connectivity index (χ4n) is 1.24. The van der Waals surface area contributed by atoms with Crippen molar-refractivity contribution in [3.05, 3.63) is 22.7 Å². The maximum atomic E-state index is 12.3. The van der Waals surface area contributed by atoms with Crippen LogP contribution in [0.15, 0.2) is 22.7 Å². The van der Waals surface area contributed by atoms with Gasteiger partial charge in [0.1, 0.15) is 0 Å². The van der Waals surface area contributed by atoms with Gasteiger partial charge in [-0.25, -0.2) is 0 Å². The Hall–Kier alpha value is -1.44. The number of hydrogen-bond donors (Lipinski definition) is 2. The third-order valence-corrected chi connectivity index (χ3v) is 2.96. The average Bonchev–Trinajstić information content (AvgIpc) is 2.25. The van der Waals surface area contributed by atoms with Crippen molar-refractivity contribution < 1.29 is 27.8 Å². The van der Waals surface area contributed by atoms with Crippen molar-refractivity contribution in [3.63, 3.8) is 0 Å². The number of carboxylic acid groups (broad SMARTS) is 1. The Kier molecular flexibility index (Phi) is 4.90.